The predicted molar refractivity (Wildman–Crippen MR) is 110 cm³/mol. The van der Waals surface area contributed by atoms with Gasteiger partial charge in [0.2, 0.25) is 11.8 Å². The van der Waals surface area contributed by atoms with Crippen LogP contribution in [0.25, 0.3) is 0 Å². The van der Waals surface area contributed by atoms with Gasteiger partial charge in [0.25, 0.3) is 0 Å². The molecule has 0 N–H and O–H groups in total. The zero-order valence-electron chi connectivity index (χ0n) is 17.1. The van der Waals surface area contributed by atoms with Crippen molar-refractivity contribution in [1.82, 2.24) is 9.80 Å². The Balaban J connectivity index is 1.36. The maximum atomic E-state index is 13.5. The lowest BCUT2D eigenvalue weighted by Gasteiger charge is -2.24. The van der Waals surface area contributed by atoms with E-state index in [0.717, 1.165) is 36.7 Å². The molecule has 2 aliphatic rings. The van der Waals surface area contributed by atoms with Crippen LogP contribution in [0.1, 0.15) is 18.4 Å². The molecule has 0 radical (unpaired) electrons. The zero-order chi connectivity index (χ0) is 22.0. The van der Waals surface area contributed by atoms with E-state index in [1.165, 1.54) is 17.0 Å². The normalized spacial score (nSPS) is 20.2. The van der Waals surface area contributed by atoms with Crippen LogP contribution in [-0.2, 0) is 16.1 Å². The van der Waals surface area contributed by atoms with Gasteiger partial charge in [-0.2, -0.15) is 0 Å². The van der Waals surface area contributed by atoms with Crippen molar-refractivity contribution in [2.75, 3.05) is 37.6 Å². The van der Waals surface area contributed by atoms with Crippen LogP contribution in [0.15, 0.2) is 42.5 Å². The summed E-state index contributed by atoms with van der Waals surface area (Å²) in [5.41, 5.74) is 1.15. The number of amides is 2. The summed E-state index contributed by atoms with van der Waals surface area (Å²) in [4.78, 5) is 30.8. The van der Waals surface area contributed by atoms with E-state index in [0.29, 0.717) is 26.2 Å². The van der Waals surface area contributed by atoms with Crippen molar-refractivity contribution in [3.8, 4) is 0 Å². The number of nitrogens with zero attached hydrogens (tertiary/aromatic N) is 3. The van der Waals surface area contributed by atoms with Crippen molar-refractivity contribution in [1.29, 1.82) is 0 Å². The number of rotatable bonds is 4. The Morgan fingerprint density at radius 2 is 1.61 bits per heavy atom. The molecule has 8 heteroatoms. The molecule has 0 bridgehead atoms. The molecule has 0 saturated carbocycles. The van der Waals surface area contributed by atoms with Gasteiger partial charge in [0, 0.05) is 57.4 Å². The number of hydrogen-bond acceptors (Lipinski definition) is 3. The Kier molecular flexibility index (Phi) is 6.27. The number of halogens is 3. The first-order chi connectivity index (χ1) is 14.9. The quantitative estimate of drug-likeness (QED) is 0.747. The first-order valence-corrected chi connectivity index (χ1v) is 10.4. The highest BCUT2D eigenvalue weighted by molar-refractivity contribution is 6.00. The van der Waals surface area contributed by atoms with Gasteiger partial charge in [0.1, 0.15) is 17.5 Å². The van der Waals surface area contributed by atoms with E-state index in [1.807, 2.05) is 0 Å². The van der Waals surface area contributed by atoms with Gasteiger partial charge in [0.05, 0.1) is 5.92 Å². The Hall–Kier alpha value is -2.87. The second kappa shape index (κ2) is 9.09. The highest BCUT2D eigenvalue weighted by Crippen LogP contribution is 2.28. The first kappa shape index (κ1) is 21.4. The van der Waals surface area contributed by atoms with Crippen molar-refractivity contribution in [3.63, 3.8) is 0 Å². The molecule has 1 atom stereocenters. The monoisotopic (exact) mass is 431 g/mol. The molecule has 164 valence electrons. The van der Waals surface area contributed by atoms with Crippen LogP contribution in [0.3, 0.4) is 0 Å². The van der Waals surface area contributed by atoms with Crippen molar-refractivity contribution >= 4 is 17.5 Å². The molecule has 2 amide bonds. The van der Waals surface area contributed by atoms with E-state index in [1.54, 1.807) is 17.0 Å². The Morgan fingerprint density at radius 3 is 2.32 bits per heavy atom. The number of benzene rings is 2. The maximum Gasteiger partial charge on any atom is 0.228 e. The van der Waals surface area contributed by atoms with Gasteiger partial charge in [-0.05, 0) is 36.2 Å². The maximum absolute atomic E-state index is 13.5. The summed E-state index contributed by atoms with van der Waals surface area (Å²) < 4.78 is 40.2. The second-order valence-electron chi connectivity index (χ2n) is 8.11. The Morgan fingerprint density at radius 1 is 0.903 bits per heavy atom. The molecule has 2 aromatic rings. The fraction of sp³-hybridized carbons (Fsp3) is 0.391. The third-order valence-corrected chi connectivity index (χ3v) is 5.85. The molecule has 4 rings (SSSR count). The molecule has 0 aliphatic carbocycles. The van der Waals surface area contributed by atoms with E-state index in [-0.39, 0.29) is 36.3 Å². The minimum atomic E-state index is -0.758. The third kappa shape index (κ3) is 5.07. The van der Waals surface area contributed by atoms with Gasteiger partial charge in [0.15, 0.2) is 0 Å². The smallest absolute Gasteiger partial charge is 0.228 e. The molecule has 2 aromatic carbocycles. The molecular formula is C23H24F3N3O2. The number of anilines is 1. The number of hydrogen-bond donors (Lipinski definition) is 0. The summed E-state index contributed by atoms with van der Waals surface area (Å²) in [5, 5.41) is 0. The van der Waals surface area contributed by atoms with Crippen LogP contribution >= 0.6 is 0 Å². The molecule has 2 saturated heterocycles. The minimum absolute atomic E-state index is 0.0345. The molecule has 5 nitrogen and oxygen atoms in total. The van der Waals surface area contributed by atoms with E-state index >= 15 is 0 Å². The van der Waals surface area contributed by atoms with E-state index in [2.05, 4.69) is 4.90 Å². The predicted octanol–water partition coefficient (Wildman–Crippen LogP) is 3.19. The summed E-state index contributed by atoms with van der Waals surface area (Å²) >= 11 is 0. The first-order valence-electron chi connectivity index (χ1n) is 10.4. The lowest BCUT2D eigenvalue weighted by molar-refractivity contribution is -0.135. The van der Waals surface area contributed by atoms with Crippen LogP contribution < -0.4 is 4.90 Å². The summed E-state index contributed by atoms with van der Waals surface area (Å²) in [5.74, 6) is -2.72. The van der Waals surface area contributed by atoms with Gasteiger partial charge in [-0.1, -0.05) is 12.1 Å². The summed E-state index contributed by atoms with van der Waals surface area (Å²) in [6.07, 6.45) is 0.833. The lowest BCUT2D eigenvalue weighted by atomic mass is 10.1. The second-order valence-corrected chi connectivity index (χ2v) is 8.11. The van der Waals surface area contributed by atoms with Crippen LogP contribution in [0.4, 0.5) is 18.9 Å². The highest BCUT2D eigenvalue weighted by atomic mass is 19.1. The average molecular weight is 431 g/mol. The van der Waals surface area contributed by atoms with Crippen LogP contribution in [0, 0.1) is 23.4 Å². The van der Waals surface area contributed by atoms with Crippen LogP contribution in [0.5, 0.6) is 0 Å². The molecule has 2 fully saturated rings. The SMILES string of the molecule is O=C(C1CC(=O)N(c2cc(F)cc(F)c2)C1)N1CCCN(Cc2ccc(F)cc2)CC1. The summed E-state index contributed by atoms with van der Waals surface area (Å²) in [6, 6.07) is 9.36. The van der Waals surface area contributed by atoms with Gasteiger partial charge in [-0.3, -0.25) is 14.5 Å². The zero-order valence-corrected chi connectivity index (χ0v) is 17.1. The highest BCUT2D eigenvalue weighted by Gasteiger charge is 2.37. The van der Waals surface area contributed by atoms with Gasteiger partial charge < -0.3 is 9.80 Å². The Labute approximate surface area is 179 Å². The average Bonchev–Trinajstić information content (AvgIpc) is 2.97. The van der Waals surface area contributed by atoms with E-state index in [9.17, 15) is 22.8 Å². The molecule has 0 spiro atoms. The largest absolute Gasteiger partial charge is 0.341 e. The van der Waals surface area contributed by atoms with Crippen molar-refractivity contribution in [2.24, 2.45) is 5.92 Å². The standard InChI is InChI=1S/C23H24F3N3O2/c24-18-4-2-16(3-5-18)14-27-6-1-7-28(9-8-27)23(31)17-10-22(30)29(15-17)21-12-19(25)11-20(26)13-21/h2-5,11-13,17H,1,6-10,14-15H2. The summed E-state index contributed by atoms with van der Waals surface area (Å²) in [7, 11) is 0. The topological polar surface area (TPSA) is 43.9 Å². The van der Waals surface area contributed by atoms with E-state index < -0.39 is 17.6 Å². The van der Waals surface area contributed by atoms with Gasteiger partial charge in [-0.15, -0.1) is 0 Å². The number of carbonyl (C=O) groups excluding carboxylic acids is 2. The lowest BCUT2D eigenvalue weighted by Crippen LogP contribution is -2.39. The molecule has 1 unspecified atom stereocenters. The fourth-order valence-electron chi connectivity index (χ4n) is 4.27. The van der Waals surface area contributed by atoms with Crippen molar-refractivity contribution < 1.29 is 22.8 Å². The number of carbonyl (C=O) groups is 2. The molecular weight excluding hydrogens is 407 g/mol. The minimum Gasteiger partial charge on any atom is -0.341 e. The van der Waals surface area contributed by atoms with E-state index in [4.69, 9.17) is 0 Å². The fourth-order valence-corrected chi connectivity index (χ4v) is 4.27. The van der Waals surface area contributed by atoms with Gasteiger partial charge >= 0.3 is 0 Å². The molecule has 2 aliphatic heterocycles. The molecule has 0 aromatic heterocycles. The van der Waals surface area contributed by atoms with Crippen LogP contribution in [-0.4, -0.2) is 54.3 Å². The summed E-state index contributed by atoms with van der Waals surface area (Å²) in [6.45, 7) is 3.44. The Bertz CT molecular complexity index is 947. The molecule has 2 heterocycles. The molecule has 31 heavy (non-hydrogen) atoms. The van der Waals surface area contributed by atoms with Crippen LogP contribution in [0.2, 0.25) is 0 Å². The van der Waals surface area contributed by atoms with Gasteiger partial charge in [-0.25, -0.2) is 13.2 Å². The van der Waals surface area contributed by atoms with Crippen molar-refractivity contribution in [2.45, 2.75) is 19.4 Å². The van der Waals surface area contributed by atoms with Crippen molar-refractivity contribution in [3.05, 3.63) is 65.5 Å². The third-order valence-electron chi connectivity index (χ3n) is 5.85.